The van der Waals surface area contributed by atoms with E-state index in [4.69, 9.17) is 0 Å². The number of hydrogen-bond donors (Lipinski definition) is 1. The molecule has 1 aromatic heterocycles. The van der Waals surface area contributed by atoms with Crippen LogP contribution in [0.4, 0.5) is 10.2 Å². The number of amides is 1. The monoisotopic (exact) mass is 224 g/mol. The third-order valence-electron chi connectivity index (χ3n) is 2.57. The summed E-state index contributed by atoms with van der Waals surface area (Å²) in [5.41, 5.74) is 0.809. The number of carbonyl (C=O) groups is 1. The summed E-state index contributed by atoms with van der Waals surface area (Å²) in [7, 11) is 0. The molecule has 1 fully saturated rings. The van der Waals surface area contributed by atoms with Crippen LogP contribution in [0.15, 0.2) is 12.5 Å². The molecule has 2 rings (SSSR count). The van der Waals surface area contributed by atoms with Crippen LogP contribution in [0.5, 0.6) is 0 Å². The van der Waals surface area contributed by atoms with Gasteiger partial charge >= 0.3 is 0 Å². The number of rotatable bonds is 4. The first kappa shape index (κ1) is 10.8. The molecule has 0 aliphatic carbocycles. The quantitative estimate of drug-likeness (QED) is 0.746. The van der Waals surface area contributed by atoms with Crippen molar-refractivity contribution < 1.29 is 9.18 Å². The summed E-state index contributed by atoms with van der Waals surface area (Å²) < 4.78 is 13.1. The maximum absolute atomic E-state index is 13.1. The third-order valence-corrected chi connectivity index (χ3v) is 2.57. The highest BCUT2D eigenvalue weighted by molar-refractivity contribution is 5.50. The summed E-state index contributed by atoms with van der Waals surface area (Å²) in [6.07, 6.45) is 3.45. The molecule has 0 bridgehead atoms. The van der Waals surface area contributed by atoms with Crippen LogP contribution in [0, 0.1) is 0 Å². The molecular weight excluding hydrogens is 211 g/mol. The van der Waals surface area contributed by atoms with Gasteiger partial charge in [0.05, 0.1) is 6.54 Å². The SMILES string of the molecule is O=CNCc1cncnc1N1CCC(F)C1. The standard InChI is InChI=1S/C10H13FN4O/c11-9-1-2-15(5-9)10-8(4-13-7-16)3-12-6-14-10/h3,6-7,9H,1-2,4-5H2,(H,13,16). The van der Waals surface area contributed by atoms with E-state index >= 15 is 0 Å². The number of aromatic nitrogens is 2. The van der Waals surface area contributed by atoms with Crippen LogP contribution in [0.2, 0.25) is 0 Å². The van der Waals surface area contributed by atoms with Gasteiger partial charge in [0.15, 0.2) is 0 Å². The second kappa shape index (κ2) is 4.87. The summed E-state index contributed by atoms with van der Waals surface area (Å²) in [6, 6.07) is 0. The van der Waals surface area contributed by atoms with E-state index in [2.05, 4.69) is 15.3 Å². The second-order valence-electron chi connectivity index (χ2n) is 3.70. The van der Waals surface area contributed by atoms with Crippen molar-refractivity contribution in [2.75, 3.05) is 18.0 Å². The van der Waals surface area contributed by atoms with Crippen LogP contribution >= 0.6 is 0 Å². The van der Waals surface area contributed by atoms with Crippen molar-refractivity contribution >= 4 is 12.2 Å². The predicted octanol–water partition coefficient (Wildman–Crippen LogP) is 0.271. The van der Waals surface area contributed by atoms with Gasteiger partial charge in [-0.05, 0) is 6.42 Å². The predicted molar refractivity (Wildman–Crippen MR) is 56.7 cm³/mol. The number of nitrogens with zero attached hydrogens (tertiary/aromatic N) is 3. The zero-order valence-electron chi connectivity index (χ0n) is 8.77. The Kier molecular flexibility index (Phi) is 3.28. The van der Waals surface area contributed by atoms with Crippen molar-refractivity contribution in [1.82, 2.24) is 15.3 Å². The molecule has 1 aliphatic heterocycles. The Bertz CT molecular complexity index is 374. The van der Waals surface area contributed by atoms with Crippen LogP contribution in [-0.2, 0) is 11.3 Å². The molecule has 0 aromatic carbocycles. The van der Waals surface area contributed by atoms with E-state index < -0.39 is 6.17 Å². The topological polar surface area (TPSA) is 58.1 Å². The number of nitrogens with one attached hydrogen (secondary N) is 1. The summed E-state index contributed by atoms with van der Waals surface area (Å²) in [4.78, 5) is 20.2. The number of alkyl halides is 1. The molecule has 1 amide bonds. The largest absolute Gasteiger partial charge is 0.354 e. The molecule has 0 radical (unpaired) electrons. The van der Waals surface area contributed by atoms with Crippen molar-refractivity contribution in [3.05, 3.63) is 18.1 Å². The highest BCUT2D eigenvalue weighted by atomic mass is 19.1. The van der Waals surface area contributed by atoms with E-state index in [1.165, 1.54) is 6.33 Å². The van der Waals surface area contributed by atoms with Crippen LogP contribution in [-0.4, -0.2) is 35.6 Å². The lowest BCUT2D eigenvalue weighted by Gasteiger charge is -2.18. The highest BCUT2D eigenvalue weighted by Crippen LogP contribution is 2.22. The lowest BCUT2D eigenvalue weighted by atomic mass is 10.3. The first-order valence-corrected chi connectivity index (χ1v) is 5.16. The average molecular weight is 224 g/mol. The van der Waals surface area contributed by atoms with Gasteiger partial charge < -0.3 is 10.2 Å². The molecule has 0 spiro atoms. The number of halogens is 1. The molecule has 16 heavy (non-hydrogen) atoms. The van der Waals surface area contributed by atoms with Crippen LogP contribution in [0.25, 0.3) is 0 Å². The molecule has 1 unspecified atom stereocenters. The lowest BCUT2D eigenvalue weighted by Crippen LogP contribution is -2.24. The van der Waals surface area contributed by atoms with Crippen LogP contribution in [0.1, 0.15) is 12.0 Å². The van der Waals surface area contributed by atoms with Crippen molar-refractivity contribution in [2.24, 2.45) is 0 Å². The van der Waals surface area contributed by atoms with Gasteiger partial charge in [-0.25, -0.2) is 14.4 Å². The maximum Gasteiger partial charge on any atom is 0.207 e. The Morgan fingerprint density at radius 1 is 1.69 bits per heavy atom. The Morgan fingerprint density at radius 2 is 2.56 bits per heavy atom. The molecule has 1 saturated heterocycles. The van der Waals surface area contributed by atoms with Gasteiger partial charge in [-0.3, -0.25) is 4.79 Å². The number of carbonyl (C=O) groups excluding carboxylic acids is 1. The molecule has 1 atom stereocenters. The van der Waals surface area contributed by atoms with Gasteiger partial charge in [0.25, 0.3) is 0 Å². The van der Waals surface area contributed by atoms with Gasteiger partial charge in [0.2, 0.25) is 6.41 Å². The molecule has 2 heterocycles. The molecule has 86 valence electrons. The highest BCUT2D eigenvalue weighted by Gasteiger charge is 2.24. The van der Waals surface area contributed by atoms with E-state index in [0.29, 0.717) is 38.3 Å². The normalized spacial score (nSPS) is 19.8. The van der Waals surface area contributed by atoms with Crippen molar-refractivity contribution in [1.29, 1.82) is 0 Å². The fraction of sp³-hybridized carbons (Fsp3) is 0.500. The molecule has 0 saturated carbocycles. The average Bonchev–Trinajstić information content (AvgIpc) is 2.73. The van der Waals surface area contributed by atoms with Crippen molar-refractivity contribution in [2.45, 2.75) is 19.1 Å². The van der Waals surface area contributed by atoms with E-state index in [9.17, 15) is 9.18 Å². The Morgan fingerprint density at radius 3 is 3.25 bits per heavy atom. The van der Waals surface area contributed by atoms with E-state index in [0.717, 1.165) is 5.56 Å². The molecule has 5 nitrogen and oxygen atoms in total. The lowest BCUT2D eigenvalue weighted by molar-refractivity contribution is -0.109. The Balaban J connectivity index is 2.15. The Hall–Kier alpha value is -1.72. The molecule has 6 heteroatoms. The minimum atomic E-state index is -0.790. The minimum absolute atomic E-state index is 0.366. The summed E-state index contributed by atoms with van der Waals surface area (Å²) >= 11 is 0. The Labute approximate surface area is 92.7 Å². The molecule has 1 N–H and O–H groups in total. The first-order valence-electron chi connectivity index (χ1n) is 5.16. The summed E-state index contributed by atoms with van der Waals surface area (Å²) in [5, 5.41) is 2.56. The van der Waals surface area contributed by atoms with Gasteiger partial charge in [-0.15, -0.1) is 0 Å². The van der Waals surface area contributed by atoms with Crippen LogP contribution in [0.3, 0.4) is 0 Å². The van der Waals surface area contributed by atoms with Crippen molar-refractivity contribution in [3.8, 4) is 0 Å². The molecule has 1 aromatic rings. The number of anilines is 1. The van der Waals surface area contributed by atoms with Crippen molar-refractivity contribution in [3.63, 3.8) is 0 Å². The van der Waals surface area contributed by atoms with Gasteiger partial charge in [-0.1, -0.05) is 0 Å². The second-order valence-corrected chi connectivity index (χ2v) is 3.70. The summed E-state index contributed by atoms with van der Waals surface area (Å²) in [5.74, 6) is 0.712. The molecule has 1 aliphatic rings. The minimum Gasteiger partial charge on any atom is -0.354 e. The van der Waals surface area contributed by atoms with Gasteiger partial charge in [0, 0.05) is 24.8 Å². The zero-order valence-corrected chi connectivity index (χ0v) is 8.77. The zero-order chi connectivity index (χ0) is 11.4. The van der Waals surface area contributed by atoms with E-state index in [1.807, 2.05) is 4.90 Å². The van der Waals surface area contributed by atoms with Gasteiger partial charge in [0.1, 0.15) is 18.3 Å². The fourth-order valence-electron chi connectivity index (χ4n) is 1.82. The number of hydrogen-bond acceptors (Lipinski definition) is 4. The molecular formula is C10H13FN4O. The van der Waals surface area contributed by atoms with Gasteiger partial charge in [-0.2, -0.15) is 0 Å². The van der Waals surface area contributed by atoms with E-state index in [-0.39, 0.29) is 0 Å². The third kappa shape index (κ3) is 2.26. The van der Waals surface area contributed by atoms with Crippen LogP contribution < -0.4 is 10.2 Å². The maximum atomic E-state index is 13.1. The fourth-order valence-corrected chi connectivity index (χ4v) is 1.82. The first-order chi connectivity index (χ1) is 7.81. The smallest absolute Gasteiger partial charge is 0.207 e. The summed E-state index contributed by atoms with van der Waals surface area (Å²) in [6.45, 7) is 1.39. The van der Waals surface area contributed by atoms with E-state index in [1.54, 1.807) is 6.20 Å².